The van der Waals surface area contributed by atoms with E-state index in [0.29, 0.717) is 12.1 Å². The molecule has 0 spiro atoms. The van der Waals surface area contributed by atoms with Gasteiger partial charge in [-0.2, -0.15) is 26.3 Å². The third-order valence-corrected chi connectivity index (χ3v) is 3.99. The Morgan fingerprint density at radius 2 is 1.43 bits per heavy atom. The third-order valence-electron chi connectivity index (χ3n) is 3.99. The number of hydrogen-bond acceptors (Lipinski definition) is 2. The van der Waals surface area contributed by atoms with Crippen LogP contribution < -0.4 is 5.32 Å². The van der Waals surface area contributed by atoms with E-state index in [1.165, 1.54) is 24.3 Å². The van der Waals surface area contributed by atoms with Crippen LogP contribution in [0.15, 0.2) is 36.4 Å². The Bertz CT molecular complexity index is 993. The van der Waals surface area contributed by atoms with Crippen LogP contribution in [-0.4, -0.2) is 17.0 Å². The van der Waals surface area contributed by atoms with Crippen LogP contribution in [0.5, 0.6) is 0 Å². The second kappa shape index (κ2) is 8.60. The van der Waals surface area contributed by atoms with Crippen LogP contribution in [0.2, 0.25) is 0 Å². The van der Waals surface area contributed by atoms with Gasteiger partial charge in [-0.25, -0.2) is 4.79 Å². The zero-order valence-electron chi connectivity index (χ0n) is 15.4. The van der Waals surface area contributed by atoms with Crippen molar-refractivity contribution in [2.45, 2.75) is 25.7 Å². The SMILES string of the molecule is CCC(=O)Nc1ccc(C=Cc2ccc(C(F)(F)F)c(C(F)(F)F)c2)cc1C(=O)O. The van der Waals surface area contributed by atoms with Crippen molar-refractivity contribution in [3.05, 3.63) is 64.2 Å². The molecular weight excluding hydrogens is 416 g/mol. The number of carboxylic acid groups (broad SMARTS) is 1. The molecule has 1 amide bonds. The monoisotopic (exact) mass is 431 g/mol. The highest BCUT2D eigenvalue weighted by Gasteiger charge is 2.42. The molecule has 0 atom stereocenters. The lowest BCUT2D eigenvalue weighted by atomic mass is 10.0. The van der Waals surface area contributed by atoms with Gasteiger partial charge in [0.05, 0.1) is 22.4 Å². The summed E-state index contributed by atoms with van der Waals surface area (Å²) in [4.78, 5) is 22.9. The summed E-state index contributed by atoms with van der Waals surface area (Å²) in [6.45, 7) is 1.58. The molecule has 0 aromatic heterocycles. The fourth-order valence-electron chi connectivity index (χ4n) is 2.53. The molecule has 0 unspecified atom stereocenters. The summed E-state index contributed by atoms with van der Waals surface area (Å²) in [7, 11) is 0. The van der Waals surface area contributed by atoms with E-state index in [-0.39, 0.29) is 28.8 Å². The minimum absolute atomic E-state index is 0.0420. The summed E-state index contributed by atoms with van der Waals surface area (Å²) in [5.41, 5.74) is -3.72. The van der Waals surface area contributed by atoms with E-state index in [4.69, 9.17) is 0 Å². The first-order valence-electron chi connectivity index (χ1n) is 8.46. The molecule has 30 heavy (non-hydrogen) atoms. The minimum Gasteiger partial charge on any atom is -0.478 e. The number of aromatic carboxylic acids is 1. The molecular formula is C20H15F6NO3. The second-order valence-electron chi connectivity index (χ2n) is 6.15. The lowest BCUT2D eigenvalue weighted by Gasteiger charge is -2.15. The van der Waals surface area contributed by atoms with Crippen LogP contribution in [0.1, 0.15) is 46.0 Å². The summed E-state index contributed by atoms with van der Waals surface area (Å²) >= 11 is 0. The molecule has 0 bridgehead atoms. The average molecular weight is 431 g/mol. The standard InChI is InChI=1S/C20H15F6NO3/c1-2-17(28)27-16-8-6-11(9-13(16)18(29)30)3-4-12-5-7-14(19(21,22)23)15(10-12)20(24,25)26/h3-10H,2H2,1H3,(H,27,28)(H,29,30). The van der Waals surface area contributed by atoms with Gasteiger partial charge in [-0.15, -0.1) is 0 Å². The summed E-state index contributed by atoms with van der Waals surface area (Å²) in [6.07, 6.45) is -7.87. The molecule has 2 N–H and O–H groups in total. The van der Waals surface area contributed by atoms with Crippen molar-refractivity contribution in [3.63, 3.8) is 0 Å². The molecule has 0 saturated heterocycles. The van der Waals surface area contributed by atoms with Crippen LogP contribution in [0.25, 0.3) is 12.2 Å². The van der Waals surface area contributed by atoms with E-state index in [1.807, 2.05) is 0 Å². The first kappa shape index (κ1) is 23.0. The van der Waals surface area contributed by atoms with E-state index in [0.717, 1.165) is 12.1 Å². The maximum Gasteiger partial charge on any atom is 0.417 e. The number of alkyl halides is 6. The number of nitrogens with one attached hydrogen (secondary N) is 1. The molecule has 4 nitrogen and oxygen atoms in total. The van der Waals surface area contributed by atoms with Gasteiger partial charge >= 0.3 is 18.3 Å². The van der Waals surface area contributed by atoms with Crippen molar-refractivity contribution in [2.75, 3.05) is 5.32 Å². The Hall–Kier alpha value is -3.30. The highest BCUT2D eigenvalue weighted by Crippen LogP contribution is 2.40. The maximum atomic E-state index is 13.0. The van der Waals surface area contributed by atoms with Gasteiger partial charge in [0.25, 0.3) is 0 Å². The van der Waals surface area contributed by atoms with Gasteiger partial charge in [-0.1, -0.05) is 31.2 Å². The molecule has 0 aliphatic carbocycles. The number of carbonyl (C=O) groups excluding carboxylic acids is 1. The normalized spacial score (nSPS) is 12.2. The molecule has 0 radical (unpaired) electrons. The molecule has 2 aromatic rings. The number of hydrogen-bond donors (Lipinski definition) is 2. The molecule has 0 saturated carbocycles. The van der Waals surface area contributed by atoms with E-state index in [9.17, 15) is 41.0 Å². The van der Waals surface area contributed by atoms with Crippen molar-refractivity contribution in [2.24, 2.45) is 0 Å². The van der Waals surface area contributed by atoms with Crippen molar-refractivity contribution in [3.8, 4) is 0 Å². The largest absolute Gasteiger partial charge is 0.478 e. The zero-order chi connectivity index (χ0) is 22.7. The van der Waals surface area contributed by atoms with Crippen LogP contribution in [0, 0.1) is 0 Å². The van der Waals surface area contributed by atoms with Crippen molar-refractivity contribution < 1.29 is 41.0 Å². The van der Waals surface area contributed by atoms with Crippen LogP contribution in [0.4, 0.5) is 32.0 Å². The Kier molecular flexibility index (Phi) is 6.59. The fraction of sp³-hybridized carbons (Fsp3) is 0.200. The van der Waals surface area contributed by atoms with Crippen LogP contribution in [0.3, 0.4) is 0 Å². The third kappa shape index (κ3) is 5.62. The number of carboxylic acids is 1. The van der Waals surface area contributed by atoms with Crippen molar-refractivity contribution in [1.82, 2.24) is 0 Å². The fourth-order valence-corrected chi connectivity index (χ4v) is 2.53. The predicted molar refractivity (Wildman–Crippen MR) is 97.7 cm³/mol. The van der Waals surface area contributed by atoms with Crippen molar-refractivity contribution >= 4 is 29.7 Å². The molecule has 2 aromatic carbocycles. The Morgan fingerprint density at radius 3 is 1.93 bits per heavy atom. The quantitative estimate of drug-likeness (QED) is 0.455. The average Bonchev–Trinajstić information content (AvgIpc) is 2.65. The van der Waals surface area contributed by atoms with E-state index in [2.05, 4.69) is 5.32 Å². The molecule has 160 valence electrons. The first-order valence-corrected chi connectivity index (χ1v) is 8.46. The number of rotatable bonds is 5. The highest BCUT2D eigenvalue weighted by molar-refractivity contribution is 6.01. The topological polar surface area (TPSA) is 66.4 Å². The maximum absolute atomic E-state index is 13.0. The van der Waals surface area contributed by atoms with Crippen molar-refractivity contribution in [1.29, 1.82) is 0 Å². The molecule has 0 aliphatic rings. The van der Waals surface area contributed by atoms with Crippen LogP contribution in [-0.2, 0) is 17.1 Å². The van der Waals surface area contributed by atoms with Gasteiger partial charge in [0, 0.05) is 6.42 Å². The van der Waals surface area contributed by atoms with Crippen LogP contribution >= 0.6 is 0 Å². The highest BCUT2D eigenvalue weighted by atomic mass is 19.4. The van der Waals surface area contributed by atoms with E-state index >= 15 is 0 Å². The minimum atomic E-state index is -5.20. The summed E-state index contributed by atoms with van der Waals surface area (Å²) in [5, 5.41) is 11.7. The summed E-state index contributed by atoms with van der Waals surface area (Å²) in [5.74, 6) is -1.75. The Labute approximate surface area is 166 Å². The number of anilines is 1. The first-order chi connectivity index (χ1) is 13.8. The molecule has 0 fully saturated rings. The number of carbonyl (C=O) groups is 2. The van der Waals surface area contributed by atoms with Gasteiger partial charge in [-0.3, -0.25) is 4.79 Å². The molecule has 10 heteroatoms. The lowest BCUT2D eigenvalue weighted by molar-refractivity contribution is -0.162. The smallest absolute Gasteiger partial charge is 0.417 e. The summed E-state index contributed by atoms with van der Waals surface area (Å²) < 4.78 is 77.5. The second-order valence-corrected chi connectivity index (χ2v) is 6.15. The van der Waals surface area contributed by atoms with E-state index in [1.54, 1.807) is 6.92 Å². The number of halogens is 6. The lowest BCUT2D eigenvalue weighted by Crippen LogP contribution is -2.16. The Balaban J connectivity index is 2.41. The van der Waals surface area contributed by atoms with Gasteiger partial charge in [0.15, 0.2) is 0 Å². The molecule has 0 heterocycles. The van der Waals surface area contributed by atoms with E-state index < -0.39 is 35.4 Å². The molecule has 0 aliphatic heterocycles. The van der Waals surface area contributed by atoms with Gasteiger partial charge in [0.2, 0.25) is 5.91 Å². The van der Waals surface area contributed by atoms with Gasteiger partial charge in [0.1, 0.15) is 0 Å². The number of benzene rings is 2. The van der Waals surface area contributed by atoms with Gasteiger partial charge in [-0.05, 0) is 35.4 Å². The summed E-state index contributed by atoms with van der Waals surface area (Å²) in [6, 6.07) is 5.48. The zero-order valence-corrected chi connectivity index (χ0v) is 15.4. The molecule has 2 rings (SSSR count). The predicted octanol–water partition coefficient (Wildman–Crippen LogP) is 5.94. The Morgan fingerprint density at radius 1 is 0.900 bits per heavy atom. The number of amides is 1. The van der Waals surface area contributed by atoms with Gasteiger partial charge < -0.3 is 10.4 Å².